The second-order valence-electron chi connectivity index (χ2n) is 5.83. The Morgan fingerprint density at radius 2 is 2.13 bits per heavy atom. The number of halogens is 1. The van der Waals surface area contributed by atoms with Gasteiger partial charge in [0.2, 0.25) is 0 Å². The molecular formula is C17H18ClN5. The van der Waals surface area contributed by atoms with Crippen LogP contribution in [0.15, 0.2) is 30.6 Å². The first kappa shape index (κ1) is 15.6. The van der Waals surface area contributed by atoms with Crippen LogP contribution in [-0.4, -0.2) is 36.1 Å². The molecule has 0 spiro atoms. The molecule has 2 aromatic rings. The van der Waals surface area contributed by atoms with E-state index in [1.807, 2.05) is 25.1 Å². The first-order valence-corrected chi connectivity index (χ1v) is 7.92. The van der Waals surface area contributed by atoms with E-state index in [1.54, 1.807) is 12.4 Å². The van der Waals surface area contributed by atoms with Gasteiger partial charge in [-0.05, 0) is 31.5 Å². The number of nitrogens with zero attached hydrogens (tertiary/aromatic N) is 5. The fourth-order valence-corrected chi connectivity index (χ4v) is 3.16. The Labute approximate surface area is 141 Å². The molecular weight excluding hydrogens is 310 g/mol. The number of likely N-dealkylation sites (N-methyl/N-ethyl adjacent to an activating group) is 1. The predicted molar refractivity (Wildman–Crippen MR) is 92.0 cm³/mol. The Morgan fingerprint density at radius 1 is 1.30 bits per heavy atom. The summed E-state index contributed by atoms with van der Waals surface area (Å²) in [6.45, 7) is 3.78. The highest BCUT2D eigenvalue weighted by Crippen LogP contribution is 2.28. The summed E-state index contributed by atoms with van der Waals surface area (Å²) in [5, 5.41) is 9.69. The van der Waals surface area contributed by atoms with Gasteiger partial charge in [-0.2, -0.15) is 5.26 Å². The van der Waals surface area contributed by atoms with Gasteiger partial charge in [0.25, 0.3) is 0 Å². The van der Waals surface area contributed by atoms with Crippen LogP contribution in [0, 0.1) is 18.3 Å². The smallest absolute Gasteiger partial charge is 0.132 e. The van der Waals surface area contributed by atoms with Crippen LogP contribution in [0.1, 0.15) is 17.7 Å². The monoisotopic (exact) mass is 327 g/mol. The highest BCUT2D eigenvalue weighted by Gasteiger charge is 2.27. The molecule has 0 N–H and O–H groups in total. The van der Waals surface area contributed by atoms with Crippen LogP contribution < -0.4 is 9.80 Å². The second kappa shape index (κ2) is 6.43. The molecule has 1 aromatic carbocycles. The van der Waals surface area contributed by atoms with Crippen LogP contribution in [0.2, 0.25) is 5.02 Å². The van der Waals surface area contributed by atoms with E-state index in [0.717, 1.165) is 36.7 Å². The molecule has 1 saturated heterocycles. The van der Waals surface area contributed by atoms with E-state index in [9.17, 15) is 0 Å². The highest BCUT2D eigenvalue weighted by atomic mass is 35.5. The minimum absolute atomic E-state index is 0.369. The van der Waals surface area contributed by atoms with E-state index in [1.165, 1.54) is 0 Å². The molecule has 23 heavy (non-hydrogen) atoms. The molecule has 1 aliphatic rings. The van der Waals surface area contributed by atoms with Gasteiger partial charge in [0, 0.05) is 48.6 Å². The van der Waals surface area contributed by atoms with E-state index in [4.69, 9.17) is 16.9 Å². The largest absolute Gasteiger partial charge is 0.369 e. The third kappa shape index (κ3) is 3.38. The fourth-order valence-electron chi connectivity index (χ4n) is 2.93. The lowest BCUT2D eigenvalue weighted by molar-refractivity contribution is 0.683. The van der Waals surface area contributed by atoms with Crippen LogP contribution in [0.5, 0.6) is 0 Å². The first-order valence-electron chi connectivity index (χ1n) is 7.54. The summed E-state index contributed by atoms with van der Waals surface area (Å²) in [5.74, 6) is 0.938. The molecule has 2 heterocycles. The molecule has 0 radical (unpaired) electrons. The van der Waals surface area contributed by atoms with Crippen molar-refractivity contribution in [1.29, 1.82) is 5.26 Å². The van der Waals surface area contributed by atoms with Gasteiger partial charge in [-0.3, -0.25) is 0 Å². The zero-order chi connectivity index (χ0) is 16.4. The number of aromatic nitrogens is 2. The van der Waals surface area contributed by atoms with E-state index < -0.39 is 0 Å². The maximum absolute atomic E-state index is 9.09. The number of aryl methyl sites for hydroxylation is 1. The van der Waals surface area contributed by atoms with Gasteiger partial charge in [-0.15, -0.1) is 0 Å². The number of rotatable bonds is 3. The standard InChI is InChI=1S/C17H18ClN5/c1-12-5-17(21-11-20-12)22(2)15-3-4-23(10-15)16-7-13(9-19)6-14(18)8-16/h5-8,11,15H,3-4,10H2,1-2H3. The van der Waals surface area contributed by atoms with Gasteiger partial charge < -0.3 is 9.80 Å². The Morgan fingerprint density at radius 3 is 2.87 bits per heavy atom. The van der Waals surface area contributed by atoms with Crippen LogP contribution >= 0.6 is 11.6 Å². The van der Waals surface area contributed by atoms with Crippen LogP contribution in [-0.2, 0) is 0 Å². The molecule has 0 saturated carbocycles. The lowest BCUT2D eigenvalue weighted by Gasteiger charge is -2.26. The summed E-state index contributed by atoms with van der Waals surface area (Å²) in [7, 11) is 2.06. The third-order valence-electron chi connectivity index (χ3n) is 4.24. The van der Waals surface area contributed by atoms with Crippen molar-refractivity contribution < 1.29 is 0 Å². The van der Waals surface area contributed by atoms with Gasteiger partial charge in [0.15, 0.2) is 0 Å². The van der Waals surface area contributed by atoms with E-state index >= 15 is 0 Å². The molecule has 1 fully saturated rings. The van der Waals surface area contributed by atoms with Crippen molar-refractivity contribution in [2.24, 2.45) is 0 Å². The summed E-state index contributed by atoms with van der Waals surface area (Å²) in [6, 6.07) is 10.0. The van der Waals surface area contributed by atoms with Crippen LogP contribution in [0.25, 0.3) is 0 Å². The minimum Gasteiger partial charge on any atom is -0.369 e. The number of hydrogen-bond donors (Lipinski definition) is 0. The summed E-state index contributed by atoms with van der Waals surface area (Å²) < 4.78 is 0. The number of benzene rings is 1. The molecule has 0 bridgehead atoms. The van der Waals surface area contributed by atoms with Crippen molar-refractivity contribution >= 4 is 23.1 Å². The Kier molecular flexibility index (Phi) is 4.35. The van der Waals surface area contributed by atoms with Crippen molar-refractivity contribution in [2.45, 2.75) is 19.4 Å². The SMILES string of the molecule is Cc1cc(N(C)C2CCN(c3cc(Cl)cc(C#N)c3)C2)ncn1. The van der Waals surface area contributed by atoms with Crippen LogP contribution in [0.4, 0.5) is 11.5 Å². The van der Waals surface area contributed by atoms with E-state index in [0.29, 0.717) is 16.6 Å². The molecule has 1 aliphatic heterocycles. The zero-order valence-corrected chi connectivity index (χ0v) is 14.0. The summed E-state index contributed by atoms with van der Waals surface area (Å²) in [5.41, 5.74) is 2.56. The maximum atomic E-state index is 9.09. The molecule has 5 nitrogen and oxygen atoms in total. The molecule has 0 amide bonds. The second-order valence-corrected chi connectivity index (χ2v) is 6.26. The summed E-state index contributed by atoms with van der Waals surface area (Å²) in [4.78, 5) is 13.0. The van der Waals surface area contributed by atoms with Gasteiger partial charge in [-0.1, -0.05) is 11.6 Å². The van der Waals surface area contributed by atoms with Gasteiger partial charge in [-0.25, -0.2) is 9.97 Å². The summed E-state index contributed by atoms with van der Waals surface area (Å²) >= 11 is 6.11. The molecule has 1 unspecified atom stereocenters. The van der Waals surface area contributed by atoms with Crippen molar-refractivity contribution in [3.63, 3.8) is 0 Å². The van der Waals surface area contributed by atoms with E-state index in [2.05, 4.69) is 32.9 Å². The molecule has 3 rings (SSSR count). The Hall–Kier alpha value is -2.32. The van der Waals surface area contributed by atoms with Crippen molar-refractivity contribution in [2.75, 3.05) is 29.9 Å². The number of hydrogen-bond acceptors (Lipinski definition) is 5. The van der Waals surface area contributed by atoms with Crippen molar-refractivity contribution in [3.8, 4) is 6.07 Å². The summed E-state index contributed by atoms with van der Waals surface area (Å²) in [6.07, 6.45) is 2.64. The number of anilines is 2. The quantitative estimate of drug-likeness (QED) is 0.867. The van der Waals surface area contributed by atoms with Crippen molar-refractivity contribution in [3.05, 3.63) is 46.9 Å². The van der Waals surface area contributed by atoms with Gasteiger partial charge >= 0.3 is 0 Å². The average Bonchev–Trinajstić information content (AvgIpc) is 3.03. The van der Waals surface area contributed by atoms with Crippen molar-refractivity contribution in [1.82, 2.24) is 9.97 Å². The lowest BCUT2D eigenvalue weighted by Crippen LogP contribution is -2.35. The molecule has 0 aliphatic carbocycles. The number of nitriles is 1. The molecule has 1 atom stereocenters. The molecule has 1 aromatic heterocycles. The molecule has 6 heteroatoms. The topological polar surface area (TPSA) is 56.0 Å². The predicted octanol–water partition coefficient (Wildman–Crippen LogP) is 3.03. The van der Waals surface area contributed by atoms with E-state index in [-0.39, 0.29) is 0 Å². The maximum Gasteiger partial charge on any atom is 0.132 e. The van der Waals surface area contributed by atoms with Gasteiger partial charge in [0.05, 0.1) is 11.6 Å². The van der Waals surface area contributed by atoms with Crippen LogP contribution in [0.3, 0.4) is 0 Å². The zero-order valence-electron chi connectivity index (χ0n) is 13.2. The lowest BCUT2D eigenvalue weighted by atomic mass is 10.2. The third-order valence-corrected chi connectivity index (χ3v) is 4.46. The Bertz CT molecular complexity index is 755. The fraction of sp³-hybridized carbons (Fsp3) is 0.353. The average molecular weight is 328 g/mol. The molecule has 118 valence electrons. The normalized spacial score (nSPS) is 17.1. The van der Waals surface area contributed by atoms with Gasteiger partial charge in [0.1, 0.15) is 12.1 Å². The Balaban J connectivity index is 1.76. The highest BCUT2D eigenvalue weighted by molar-refractivity contribution is 6.31. The minimum atomic E-state index is 0.369. The first-order chi connectivity index (χ1) is 11.1.